The largest absolute Gasteiger partial charge is 0.466 e. The van der Waals surface area contributed by atoms with Gasteiger partial charge in [0.2, 0.25) is 0 Å². The zero-order chi connectivity index (χ0) is 19.6. The molecule has 0 radical (unpaired) electrons. The average molecular weight is 379 g/mol. The van der Waals surface area contributed by atoms with Crippen LogP contribution in [0.4, 0.5) is 0 Å². The van der Waals surface area contributed by atoms with E-state index in [1.807, 2.05) is 19.9 Å². The first-order valence-corrected chi connectivity index (χ1v) is 10.3. The van der Waals surface area contributed by atoms with Crippen LogP contribution < -0.4 is 5.32 Å². The molecular weight excluding hydrogens is 344 g/mol. The van der Waals surface area contributed by atoms with Gasteiger partial charge in [-0.3, -0.25) is 4.79 Å². The number of ether oxygens (including phenoxy) is 1. The van der Waals surface area contributed by atoms with Crippen LogP contribution in [0.3, 0.4) is 0 Å². The van der Waals surface area contributed by atoms with E-state index in [1.165, 1.54) is 0 Å². The maximum absolute atomic E-state index is 12.1. The second-order valence-corrected chi connectivity index (χ2v) is 6.94. The van der Waals surface area contributed by atoms with Gasteiger partial charge in [-0.25, -0.2) is 4.99 Å². The second kappa shape index (κ2) is 10.9. The van der Waals surface area contributed by atoms with Crippen LogP contribution in [0.2, 0.25) is 0 Å². The van der Waals surface area contributed by atoms with E-state index in [4.69, 9.17) is 14.3 Å². The minimum Gasteiger partial charge on any atom is -0.466 e. The predicted octanol–water partition coefficient (Wildman–Crippen LogP) is 3.32. The predicted molar refractivity (Wildman–Crippen MR) is 106 cm³/mol. The van der Waals surface area contributed by atoms with Crippen LogP contribution >= 0.6 is 0 Å². The van der Waals surface area contributed by atoms with Crippen molar-refractivity contribution in [1.29, 1.82) is 0 Å². The monoisotopic (exact) mass is 378 g/mol. The fraction of sp³-hybridized carbons (Fsp3) is 0.750. The molecule has 1 aliphatic rings. The van der Waals surface area contributed by atoms with Gasteiger partial charge in [-0.05, 0) is 39.5 Å². The van der Waals surface area contributed by atoms with Crippen LogP contribution in [-0.2, 0) is 16.1 Å². The lowest BCUT2D eigenvalue weighted by Crippen LogP contribution is -2.48. The summed E-state index contributed by atoms with van der Waals surface area (Å²) in [5, 5.41) is 7.54. The minimum atomic E-state index is -0.108. The number of hydrogen-bond donors (Lipinski definition) is 1. The molecule has 0 amide bonds. The first kappa shape index (κ1) is 21.3. The maximum atomic E-state index is 12.1. The minimum absolute atomic E-state index is 0.0886. The number of esters is 1. The van der Waals surface area contributed by atoms with Crippen molar-refractivity contribution in [2.75, 3.05) is 26.2 Å². The Morgan fingerprint density at radius 3 is 2.85 bits per heavy atom. The zero-order valence-corrected chi connectivity index (χ0v) is 17.2. The Bertz CT molecular complexity index is 610. The van der Waals surface area contributed by atoms with E-state index in [9.17, 15) is 4.79 Å². The zero-order valence-electron chi connectivity index (χ0n) is 17.2. The molecule has 152 valence electrons. The summed E-state index contributed by atoms with van der Waals surface area (Å²) >= 11 is 0. The average Bonchev–Trinajstić information content (AvgIpc) is 3.15. The number of carbonyl (C=O) groups excluding carboxylic acids is 1. The molecule has 7 heteroatoms. The molecule has 1 unspecified atom stereocenters. The Morgan fingerprint density at radius 2 is 2.19 bits per heavy atom. The fourth-order valence-electron chi connectivity index (χ4n) is 3.50. The number of piperidine rings is 1. The molecule has 1 atom stereocenters. The molecule has 1 aromatic heterocycles. The number of rotatable bonds is 8. The lowest BCUT2D eigenvalue weighted by Gasteiger charge is -2.33. The first-order valence-electron chi connectivity index (χ1n) is 10.3. The highest BCUT2D eigenvalue weighted by molar-refractivity contribution is 5.81. The SMILES string of the molecule is CCNC(=NCc1cc(C(CC)CC)no1)N1CCCC(C(=O)OCC)C1. The number of guanidine groups is 1. The van der Waals surface area contributed by atoms with Crippen LogP contribution in [0.5, 0.6) is 0 Å². The van der Waals surface area contributed by atoms with Crippen LogP contribution in [-0.4, -0.2) is 48.2 Å². The molecule has 0 spiro atoms. The second-order valence-electron chi connectivity index (χ2n) is 6.94. The van der Waals surface area contributed by atoms with Crippen molar-refractivity contribution in [2.45, 2.75) is 65.8 Å². The van der Waals surface area contributed by atoms with Gasteiger partial charge in [-0.2, -0.15) is 0 Å². The lowest BCUT2D eigenvalue weighted by atomic mass is 9.98. The van der Waals surface area contributed by atoms with Gasteiger partial charge in [-0.15, -0.1) is 0 Å². The van der Waals surface area contributed by atoms with Gasteiger partial charge in [-0.1, -0.05) is 19.0 Å². The summed E-state index contributed by atoms with van der Waals surface area (Å²) in [6.07, 6.45) is 3.93. The van der Waals surface area contributed by atoms with E-state index in [0.717, 1.165) is 56.2 Å². The molecule has 7 nitrogen and oxygen atoms in total. The van der Waals surface area contributed by atoms with Gasteiger partial charge in [0, 0.05) is 31.6 Å². The van der Waals surface area contributed by atoms with Crippen molar-refractivity contribution in [1.82, 2.24) is 15.4 Å². The maximum Gasteiger partial charge on any atom is 0.310 e. The topological polar surface area (TPSA) is 80.0 Å². The molecule has 0 saturated carbocycles. The Kier molecular flexibility index (Phi) is 8.61. The van der Waals surface area contributed by atoms with Crippen LogP contribution in [0.15, 0.2) is 15.6 Å². The summed E-state index contributed by atoms with van der Waals surface area (Å²) in [6, 6.07) is 2.02. The van der Waals surface area contributed by atoms with Gasteiger partial charge in [0.25, 0.3) is 0 Å². The number of carbonyl (C=O) groups is 1. The Balaban J connectivity index is 2.04. The molecule has 0 aromatic carbocycles. The third-order valence-electron chi connectivity index (χ3n) is 5.04. The van der Waals surface area contributed by atoms with E-state index < -0.39 is 0 Å². The number of hydrogen-bond acceptors (Lipinski definition) is 5. The van der Waals surface area contributed by atoms with Crippen LogP contribution in [0, 0.1) is 5.92 Å². The number of aliphatic imine (C=N–C) groups is 1. The van der Waals surface area contributed by atoms with Crippen molar-refractivity contribution < 1.29 is 14.1 Å². The van der Waals surface area contributed by atoms with Crippen LogP contribution in [0.1, 0.15) is 70.8 Å². The molecule has 1 saturated heterocycles. The molecule has 27 heavy (non-hydrogen) atoms. The van der Waals surface area contributed by atoms with Gasteiger partial charge >= 0.3 is 5.97 Å². The molecule has 0 bridgehead atoms. The third kappa shape index (κ3) is 5.97. The number of likely N-dealkylation sites (tertiary alicyclic amines) is 1. The van der Waals surface area contributed by atoms with Gasteiger partial charge in [0.15, 0.2) is 11.7 Å². The molecule has 2 heterocycles. The van der Waals surface area contributed by atoms with Gasteiger partial charge in [0.1, 0.15) is 6.54 Å². The van der Waals surface area contributed by atoms with Crippen molar-refractivity contribution in [3.05, 3.63) is 17.5 Å². The normalized spacial score (nSPS) is 18.0. The molecular formula is C20H34N4O3. The molecule has 2 rings (SSSR count). The summed E-state index contributed by atoms with van der Waals surface area (Å²) in [4.78, 5) is 19.0. The van der Waals surface area contributed by atoms with E-state index in [-0.39, 0.29) is 11.9 Å². The fourth-order valence-corrected chi connectivity index (χ4v) is 3.50. The lowest BCUT2D eigenvalue weighted by molar-refractivity contribution is -0.149. The molecule has 1 aromatic rings. The van der Waals surface area contributed by atoms with E-state index >= 15 is 0 Å². The van der Waals surface area contributed by atoms with Gasteiger partial charge in [0.05, 0.1) is 18.2 Å². The third-order valence-corrected chi connectivity index (χ3v) is 5.04. The first-order chi connectivity index (χ1) is 13.1. The van der Waals surface area contributed by atoms with E-state index in [2.05, 4.69) is 29.2 Å². The highest BCUT2D eigenvalue weighted by atomic mass is 16.5. The highest BCUT2D eigenvalue weighted by Gasteiger charge is 2.28. The van der Waals surface area contributed by atoms with Crippen molar-refractivity contribution in [2.24, 2.45) is 10.9 Å². The Labute approximate surface area is 162 Å². The highest BCUT2D eigenvalue weighted by Crippen LogP contribution is 2.23. The standard InChI is InChI=1S/C20H34N4O3/c1-5-15(6-2)18-12-17(27-23-18)13-22-20(21-7-3)24-11-9-10-16(14-24)19(25)26-8-4/h12,15-16H,5-11,13-14H2,1-4H3,(H,21,22). The molecule has 1 N–H and O–H groups in total. The number of aromatic nitrogens is 1. The summed E-state index contributed by atoms with van der Waals surface area (Å²) in [7, 11) is 0. The van der Waals surface area contributed by atoms with Crippen LogP contribution in [0.25, 0.3) is 0 Å². The van der Waals surface area contributed by atoms with Gasteiger partial charge < -0.3 is 19.5 Å². The Hall–Kier alpha value is -2.05. The number of nitrogens with one attached hydrogen (secondary N) is 1. The van der Waals surface area contributed by atoms with Crippen molar-refractivity contribution in [3.8, 4) is 0 Å². The summed E-state index contributed by atoms with van der Waals surface area (Å²) in [5.74, 6) is 1.82. The Morgan fingerprint density at radius 1 is 1.41 bits per heavy atom. The van der Waals surface area contributed by atoms with Crippen molar-refractivity contribution >= 4 is 11.9 Å². The smallest absolute Gasteiger partial charge is 0.310 e. The quantitative estimate of drug-likeness (QED) is 0.425. The summed E-state index contributed by atoms with van der Waals surface area (Å²) in [6.45, 7) is 11.4. The van der Waals surface area contributed by atoms with Crippen molar-refractivity contribution in [3.63, 3.8) is 0 Å². The molecule has 0 aliphatic carbocycles. The van der Waals surface area contributed by atoms with E-state index in [0.29, 0.717) is 25.6 Å². The summed E-state index contributed by atoms with van der Waals surface area (Å²) in [5.41, 5.74) is 1.01. The molecule has 1 fully saturated rings. The summed E-state index contributed by atoms with van der Waals surface area (Å²) < 4.78 is 10.7. The number of nitrogens with zero attached hydrogens (tertiary/aromatic N) is 3. The van der Waals surface area contributed by atoms with E-state index in [1.54, 1.807) is 0 Å². The molecule has 1 aliphatic heterocycles.